The molecule has 1 saturated carbocycles. The van der Waals surface area contributed by atoms with Gasteiger partial charge in [-0.2, -0.15) is 5.26 Å². The molecule has 3 aliphatic rings. The zero-order valence-electron chi connectivity index (χ0n) is 16.2. The SMILES string of the molecule is N#CC1(NC(=O)COC(=O)c2ccc3c(c2)NC(=O)[C@@H]2CCCN32)CCCCC1. The molecule has 1 aromatic rings. The third kappa shape index (κ3) is 3.77. The number of ether oxygens (including phenoxy) is 1. The topological polar surface area (TPSA) is 112 Å². The van der Waals surface area contributed by atoms with Crippen molar-refractivity contribution in [3.63, 3.8) is 0 Å². The minimum absolute atomic E-state index is 0.0609. The zero-order chi connectivity index (χ0) is 20.4. The van der Waals surface area contributed by atoms with Crippen LogP contribution in [0.4, 0.5) is 11.4 Å². The molecule has 1 saturated heterocycles. The quantitative estimate of drug-likeness (QED) is 0.754. The van der Waals surface area contributed by atoms with Gasteiger partial charge in [0, 0.05) is 6.54 Å². The van der Waals surface area contributed by atoms with Gasteiger partial charge in [0.25, 0.3) is 5.91 Å². The molecule has 0 radical (unpaired) electrons. The Bertz CT molecular complexity index is 885. The molecule has 2 aliphatic heterocycles. The fourth-order valence-corrected chi connectivity index (χ4v) is 4.49. The van der Waals surface area contributed by atoms with Crippen molar-refractivity contribution in [3.05, 3.63) is 23.8 Å². The second kappa shape index (κ2) is 7.74. The normalized spacial score (nSPS) is 22.0. The maximum absolute atomic E-state index is 12.4. The lowest BCUT2D eigenvalue weighted by atomic mass is 9.83. The Balaban J connectivity index is 1.38. The summed E-state index contributed by atoms with van der Waals surface area (Å²) in [5, 5.41) is 15.0. The minimum atomic E-state index is -0.857. The highest BCUT2D eigenvalue weighted by Crippen LogP contribution is 2.37. The molecular formula is C21H24N4O4. The summed E-state index contributed by atoms with van der Waals surface area (Å²) in [5.41, 5.74) is 0.888. The van der Waals surface area contributed by atoms with Gasteiger partial charge in [0.2, 0.25) is 5.91 Å². The minimum Gasteiger partial charge on any atom is -0.452 e. The Morgan fingerprint density at radius 3 is 2.83 bits per heavy atom. The molecular weight excluding hydrogens is 372 g/mol. The fraction of sp³-hybridized carbons (Fsp3) is 0.524. The van der Waals surface area contributed by atoms with E-state index in [1.165, 1.54) is 0 Å². The van der Waals surface area contributed by atoms with E-state index in [1.54, 1.807) is 18.2 Å². The van der Waals surface area contributed by atoms with Gasteiger partial charge in [-0.1, -0.05) is 19.3 Å². The summed E-state index contributed by atoms with van der Waals surface area (Å²) in [6, 6.07) is 7.09. The molecule has 152 valence electrons. The highest BCUT2D eigenvalue weighted by Gasteiger charge is 2.37. The van der Waals surface area contributed by atoms with E-state index < -0.39 is 24.0 Å². The maximum Gasteiger partial charge on any atom is 0.338 e. The Hall–Kier alpha value is -3.08. The Morgan fingerprint density at radius 1 is 1.28 bits per heavy atom. The van der Waals surface area contributed by atoms with Gasteiger partial charge < -0.3 is 20.3 Å². The van der Waals surface area contributed by atoms with E-state index in [2.05, 4.69) is 21.6 Å². The number of carbonyl (C=O) groups is 3. The van der Waals surface area contributed by atoms with E-state index in [9.17, 15) is 19.6 Å². The van der Waals surface area contributed by atoms with Crippen LogP contribution >= 0.6 is 0 Å². The van der Waals surface area contributed by atoms with Crippen LogP contribution in [-0.2, 0) is 14.3 Å². The van der Waals surface area contributed by atoms with E-state index in [-0.39, 0.29) is 17.5 Å². The average molecular weight is 396 g/mol. The number of rotatable bonds is 4. The average Bonchev–Trinajstić information content (AvgIpc) is 3.23. The van der Waals surface area contributed by atoms with E-state index in [4.69, 9.17) is 4.74 Å². The molecule has 0 unspecified atom stereocenters. The van der Waals surface area contributed by atoms with Gasteiger partial charge in [0.1, 0.15) is 11.6 Å². The van der Waals surface area contributed by atoms with Gasteiger partial charge in [-0.3, -0.25) is 9.59 Å². The van der Waals surface area contributed by atoms with Gasteiger partial charge in [0.05, 0.1) is 23.0 Å². The number of carbonyl (C=O) groups excluding carboxylic acids is 3. The Labute approximate surface area is 169 Å². The van der Waals surface area contributed by atoms with Crippen LogP contribution in [0.25, 0.3) is 0 Å². The molecule has 1 aromatic carbocycles. The second-order valence-electron chi connectivity index (χ2n) is 7.95. The van der Waals surface area contributed by atoms with Crippen molar-refractivity contribution >= 4 is 29.2 Å². The number of anilines is 2. The largest absolute Gasteiger partial charge is 0.452 e. The van der Waals surface area contributed by atoms with Gasteiger partial charge in [0.15, 0.2) is 6.61 Å². The van der Waals surface area contributed by atoms with Crippen LogP contribution < -0.4 is 15.5 Å². The van der Waals surface area contributed by atoms with Crippen molar-refractivity contribution in [2.24, 2.45) is 0 Å². The molecule has 29 heavy (non-hydrogen) atoms. The molecule has 0 aromatic heterocycles. The molecule has 2 fully saturated rings. The predicted octanol–water partition coefficient (Wildman–Crippen LogP) is 2.11. The van der Waals surface area contributed by atoms with E-state index in [0.29, 0.717) is 18.5 Å². The smallest absolute Gasteiger partial charge is 0.338 e. The maximum atomic E-state index is 12.4. The van der Waals surface area contributed by atoms with Crippen molar-refractivity contribution in [1.29, 1.82) is 5.26 Å². The zero-order valence-corrected chi connectivity index (χ0v) is 16.2. The predicted molar refractivity (Wildman–Crippen MR) is 105 cm³/mol. The molecule has 8 heteroatoms. The highest BCUT2D eigenvalue weighted by atomic mass is 16.5. The number of nitrogens with one attached hydrogen (secondary N) is 2. The molecule has 0 bridgehead atoms. The van der Waals surface area contributed by atoms with E-state index in [1.807, 2.05) is 0 Å². The first-order chi connectivity index (χ1) is 14.0. The Kier molecular flexibility index (Phi) is 5.14. The number of hydrogen-bond acceptors (Lipinski definition) is 6. The Morgan fingerprint density at radius 2 is 2.07 bits per heavy atom. The van der Waals surface area contributed by atoms with Crippen LogP contribution in [0.15, 0.2) is 18.2 Å². The summed E-state index contributed by atoms with van der Waals surface area (Å²) in [4.78, 5) is 38.9. The van der Waals surface area contributed by atoms with E-state index >= 15 is 0 Å². The number of esters is 1. The van der Waals surface area contributed by atoms with Crippen LogP contribution in [0.5, 0.6) is 0 Å². The van der Waals surface area contributed by atoms with Crippen LogP contribution in [0.1, 0.15) is 55.3 Å². The number of amides is 2. The number of hydrogen-bond donors (Lipinski definition) is 2. The fourth-order valence-electron chi connectivity index (χ4n) is 4.49. The first kappa shape index (κ1) is 19.2. The number of benzene rings is 1. The number of nitrogens with zero attached hydrogens (tertiary/aromatic N) is 2. The first-order valence-corrected chi connectivity index (χ1v) is 10.1. The number of nitriles is 1. The molecule has 4 rings (SSSR count). The molecule has 2 amide bonds. The van der Waals surface area contributed by atoms with Crippen molar-refractivity contribution in [1.82, 2.24) is 5.32 Å². The van der Waals surface area contributed by atoms with Gasteiger partial charge >= 0.3 is 5.97 Å². The van der Waals surface area contributed by atoms with Crippen molar-refractivity contribution in [3.8, 4) is 6.07 Å². The van der Waals surface area contributed by atoms with Crippen LogP contribution in [-0.4, -0.2) is 42.5 Å². The summed E-state index contributed by atoms with van der Waals surface area (Å²) >= 11 is 0. The van der Waals surface area contributed by atoms with Crippen molar-refractivity contribution < 1.29 is 19.1 Å². The van der Waals surface area contributed by atoms with Gasteiger partial charge in [-0.25, -0.2) is 4.79 Å². The van der Waals surface area contributed by atoms with Crippen LogP contribution in [0.2, 0.25) is 0 Å². The monoisotopic (exact) mass is 396 g/mol. The van der Waals surface area contributed by atoms with Crippen molar-refractivity contribution in [2.45, 2.75) is 56.5 Å². The molecule has 0 spiro atoms. The number of fused-ring (bicyclic) bond motifs is 3. The highest BCUT2D eigenvalue weighted by molar-refractivity contribution is 6.05. The third-order valence-corrected chi connectivity index (χ3v) is 5.99. The third-order valence-electron chi connectivity index (χ3n) is 5.99. The van der Waals surface area contributed by atoms with Gasteiger partial charge in [-0.15, -0.1) is 0 Å². The van der Waals surface area contributed by atoms with Crippen LogP contribution in [0.3, 0.4) is 0 Å². The second-order valence-corrected chi connectivity index (χ2v) is 7.95. The first-order valence-electron chi connectivity index (χ1n) is 10.1. The van der Waals surface area contributed by atoms with Gasteiger partial charge in [-0.05, 0) is 43.9 Å². The van der Waals surface area contributed by atoms with Crippen molar-refractivity contribution in [2.75, 3.05) is 23.4 Å². The molecule has 2 heterocycles. The lowest BCUT2D eigenvalue weighted by molar-refractivity contribution is -0.126. The molecule has 8 nitrogen and oxygen atoms in total. The summed E-state index contributed by atoms with van der Waals surface area (Å²) in [6.45, 7) is 0.371. The van der Waals surface area contributed by atoms with Crippen LogP contribution in [0, 0.1) is 11.3 Å². The molecule has 1 aliphatic carbocycles. The lowest BCUT2D eigenvalue weighted by Gasteiger charge is -2.33. The standard InChI is InChI=1S/C21H24N4O4/c22-13-21(8-2-1-3-9-21)24-18(26)12-29-20(28)14-6-7-16-15(11-14)23-19(27)17-5-4-10-25(16)17/h6-7,11,17H,1-5,8-10,12H2,(H,23,27)(H,24,26)/t17-/m0/s1. The summed E-state index contributed by atoms with van der Waals surface area (Å²) in [7, 11) is 0. The van der Waals surface area contributed by atoms with E-state index in [0.717, 1.165) is 44.3 Å². The summed E-state index contributed by atoms with van der Waals surface area (Å²) in [6.07, 6.45) is 5.87. The molecule has 2 N–H and O–H groups in total. The molecule has 1 atom stereocenters. The lowest BCUT2D eigenvalue weighted by Crippen LogP contribution is -2.50. The summed E-state index contributed by atoms with van der Waals surface area (Å²) in [5.74, 6) is -1.18. The summed E-state index contributed by atoms with van der Waals surface area (Å²) < 4.78 is 5.14.